The first kappa shape index (κ1) is 10.5. The minimum absolute atomic E-state index is 0.0344. The molecule has 1 heterocycles. The van der Waals surface area contributed by atoms with Crippen molar-refractivity contribution >= 4 is 33.3 Å². The summed E-state index contributed by atoms with van der Waals surface area (Å²) in [6.45, 7) is 0. The third-order valence-electron chi connectivity index (χ3n) is 1.28. The lowest BCUT2D eigenvalue weighted by atomic mass is 10.4. The summed E-state index contributed by atoms with van der Waals surface area (Å²) in [6, 6.07) is 0. The Morgan fingerprint density at radius 2 is 2.33 bits per heavy atom. The maximum atomic E-state index is 11.2. The summed E-state index contributed by atoms with van der Waals surface area (Å²) in [5.41, 5.74) is 0. The van der Waals surface area contributed by atoms with Crippen molar-refractivity contribution < 1.29 is 5.06 Å². The topological polar surface area (TPSA) is 27.5 Å². The van der Waals surface area contributed by atoms with Gasteiger partial charge in [-0.05, 0) is 29.2 Å². The largest absolute Gasteiger partial charge is 0.628 e. The fourth-order valence-electron chi connectivity index (χ4n) is 0.734. The van der Waals surface area contributed by atoms with Gasteiger partial charge in [-0.1, -0.05) is 16.9 Å². The molecule has 0 amide bonds. The molecule has 0 radical (unpaired) electrons. The molecule has 2 unspecified atom stereocenters. The van der Waals surface area contributed by atoms with E-state index in [1.807, 2.05) is 12.2 Å². The average molecular weight is 221 g/mol. The molecular weight excluding hydrogens is 210 g/mol. The van der Waals surface area contributed by atoms with Gasteiger partial charge in [0.25, 0.3) is 0 Å². The summed E-state index contributed by atoms with van der Waals surface area (Å²) in [7, 11) is 3.38. The third kappa shape index (κ3) is 3.45. The Kier molecular flexibility index (Phi) is 5.25. The molecular formula is C7H11NOS3. The quantitative estimate of drug-likeness (QED) is 0.337. The van der Waals surface area contributed by atoms with Gasteiger partial charge < -0.3 is 10.3 Å². The molecule has 0 saturated carbocycles. The van der Waals surface area contributed by atoms with E-state index in [0.29, 0.717) is 0 Å². The number of hydrogen-bond donors (Lipinski definition) is 1. The van der Waals surface area contributed by atoms with Crippen LogP contribution in [-0.2, 0) is 0 Å². The first-order chi connectivity index (χ1) is 5.84. The second-order valence-corrected chi connectivity index (χ2v) is 5.93. The number of nitrogens with one attached hydrogen (secondary N) is 1. The lowest BCUT2D eigenvalue weighted by Gasteiger charge is -2.26. The second-order valence-electron chi connectivity index (χ2n) is 2.19. The minimum Gasteiger partial charge on any atom is -0.628 e. The van der Waals surface area contributed by atoms with Gasteiger partial charge in [0, 0.05) is 5.08 Å². The van der Waals surface area contributed by atoms with Crippen LogP contribution in [0.1, 0.15) is 0 Å². The summed E-state index contributed by atoms with van der Waals surface area (Å²) in [5, 5.41) is 12.5. The molecule has 0 spiro atoms. The summed E-state index contributed by atoms with van der Waals surface area (Å²) in [4.78, 5) is 0. The van der Waals surface area contributed by atoms with Gasteiger partial charge >= 0.3 is 0 Å². The van der Waals surface area contributed by atoms with Crippen LogP contribution in [0.4, 0.5) is 0 Å². The summed E-state index contributed by atoms with van der Waals surface area (Å²) in [6.07, 6.45) is 9.36. The molecule has 0 bridgehead atoms. The monoisotopic (exact) mass is 221 g/mol. The molecule has 1 aliphatic heterocycles. The van der Waals surface area contributed by atoms with Gasteiger partial charge in [-0.25, -0.2) is 0 Å². The molecule has 0 aromatic carbocycles. The summed E-state index contributed by atoms with van der Waals surface area (Å²) >= 11 is 1.78. The standard InChI is InChI=1S/C7H11NOS3/c1-10-6-11-12-7-4-2-3-5-8(7)9/h2-5,7-8H,6H2,1H3. The Morgan fingerprint density at radius 3 is 3.00 bits per heavy atom. The van der Waals surface area contributed by atoms with Crippen molar-refractivity contribution in [1.82, 2.24) is 0 Å². The van der Waals surface area contributed by atoms with Gasteiger partial charge in [-0.15, -0.1) is 0 Å². The van der Waals surface area contributed by atoms with Crippen molar-refractivity contribution in [2.45, 2.75) is 5.37 Å². The zero-order chi connectivity index (χ0) is 8.81. The predicted octanol–water partition coefficient (Wildman–Crippen LogP) is 1.48. The highest BCUT2D eigenvalue weighted by Crippen LogP contribution is 2.27. The van der Waals surface area contributed by atoms with Crippen LogP contribution in [0.3, 0.4) is 0 Å². The van der Waals surface area contributed by atoms with E-state index in [0.717, 1.165) is 5.08 Å². The lowest BCUT2D eigenvalue weighted by Crippen LogP contribution is -3.06. The van der Waals surface area contributed by atoms with Crippen LogP contribution in [0.2, 0.25) is 0 Å². The molecule has 12 heavy (non-hydrogen) atoms. The van der Waals surface area contributed by atoms with E-state index in [2.05, 4.69) is 6.26 Å². The number of quaternary nitrogens is 1. The summed E-state index contributed by atoms with van der Waals surface area (Å²) < 4.78 is 0. The van der Waals surface area contributed by atoms with E-state index in [4.69, 9.17) is 0 Å². The van der Waals surface area contributed by atoms with Gasteiger partial charge in [0.15, 0.2) is 5.37 Å². The van der Waals surface area contributed by atoms with E-state index in [9.17, 15) is 5.21 Å². The molecule has 0 saturated heterocycles. The van der Waals surface area contributed by atoms with Crippen LogP contribution in [0.15, 0.2) is 24.4 Å². The molecule has 0 aromatic rings. The van der Waals surface area contributed by atoms with E-state index < -0.39 is 0 Å². The highest BCUT2D eigenvalue weighted by molar-refractivity contribution is 8.78. The molecule has 0 fully saturated rings. The van der Waals surface area contributed by atoms with Crippen molar-refractivity contribution in [2.75, 3.05) is 11.3 Å². The molecule has 2 nitrogen and oxygen atoms in total. The predicted molar refractivity (Wildman–Crippen MR) is 60.0 cm³/mol. The van der Waals surface area contributed by atoms with E-state index in [1.165, 1.54) is 0 Å². The number of rotatable bonds is 4. The normalized spacial score (nSPS) is 27.8. The van der Waals surface area contributed by atoms with E-state index in [-0.39, 0.29) is 10.4 Å². The number of hydroxylamine groups is 2. The van der Waals surface area contributed by atoms with Crippen LogP contribution in [-0.4, -0.2) is 16.7 Å². The van der Waals surface area contributed by atoms with Crippen molar-refractivity contribution in [3.8, 4) is 0 Å². The third-order valence-corrected chi connectivity index (χ3v) is 5.23. The van der Waals surface area contributed by atoms with Crippen LogP contribution in [0.5, 0.6) is 0 Å². The smallest absolute Gasteiger partial charge is 0.167 e. The maximum absolute atomic E-state index is 11.2. The van der Waals surface area contributed by atoms with E-state index >= 15 is 0 Å². The first-order valence-electron chi connectivity index (χ1n) is 3.50. The van der Waals surface area contributed by atoms with Crippen LogP contribution in [0, 0.1) is 5.21 Å². The first-order valence-corrected chi connectivity index (χ1v) is 7.28. The Morgan fingerprint density at radius 1 is 1.50 bits per heavy atom. The minimum atomic E-state index is 0.0344. The Bertz CT molecular complexity index is 183. The molecule has 68 valence electrons. The number of thioether (sulfide) groups is 1. The molecule has 5 heteroatoms. The molecule has 0 aromatic heterocycles. The number of hydrogen-bond acceptors (Lipinski definition) is 4. The van der Waals surface area contributed by atoms with Crippen molar-refractivity contribution in [1.29, 1.82) is 0 Å². The van der Waals surface area contributed by atoms with Gasteiger partial charge in [-0.2, -0.15) is 11.8 Å². The van der Waals surface area contributed by atoms with E-state index in [1.54, 1.807) is 45.6 Å². The Labute approximate surface area is 84.8 Å². The molecule has 1 rings (SSSR count). The molecule has 2 atom stereocenters. The fourth-order valence-corrected chi connectivity index (χ4v) is 4.10. The highest BCUT2D eigenvalue weighted by Gasteiger charge is 2.12. The Hall–Kier alpha value is 0.450. The second kappa shape index (κ2) is 5.99. The van der Waals surface area contributed by atoms with Crippen molar-refractivity contribution in [2.24, 2.45) is 0 Å². The molecule has 1 N–H and O–H groups in total. The fraction of sp³-hybridized carbons (Fsp3) is 0.429. The SMILES string of the molecule is CSCSSC1C=CC=C[NH+]1[O-]. The van der Waals surface area contributed by atoms with Gasteiger partial charge in [0.2, 0.25) is 0 Å². The lowest BCUT2D eigenvalue weighted by molar-refractivity contribution is -0.795. The number of allylic oxidation sites excluding steroid dienone is 2. The van der Waals surface area contributed by atoms with Crippen molar-refractivity contribution in [3.63, 3.8) is 0 Å². The van der Waals surface area contributed by atoms with Crippen LogP contribution in [0.25, 0.3) is 0 Å². The molecule has 0 aliphatic carbocycles. The zero-order valence-corrected chi connectivity index (χ0v) is 9.18. The van der Waals surface area contributed by atoms with Gasteiger partial charge in [0.1, 0.15) is 0 Å². The maximum Gasteiger partial charge on any atom is 0.167 e. The van der Waals surface area contributed by atoms with Crippen molar-refractivity contribution in [3.05, 3.63) is 29.6 Å². The van der Waals surface area contributed by atoms with Crippen LogP contribution >= 0.6 is 33.3 Å². The zero-order valence-electron chi connectivity index (χ0n) is 6.73. The average Bonchev–Trinajstić information content (AvgIpc) is 2.09. The molecule has 1 aliphatic rings. The summed E-state index contributed by atoms with van der Waals surface area (Å²) in [5.74, 6) is 0. The highest BCUT2D eigenvalue weighted by atomic mass is 33.1. The van der Waals surface area contributed by atoms with Gasteiger partial charge in [0.05, 0.1) is 6.20 Å². The van der Waals surface area contributed by atoms with Gasteiger partial charge in [-0.3, -0.25) is 0 Å². The Balaban J connectivity index is 2.23. The van der Waals surface area contributed by atoms with Crippen LogP contribution < -0.4 is 5.06 Å².